The van der Waals surface area contributed by atoms with Crippen LogP contribution >= 0.6 is 0 Å². The maximum absolute atomic E-state index is 12.5. The largest absolute Gasteiger partial charge is 0.349 e. The van der Waals surface area contributed by atoms with Crippen molar-refractivity contribution in [2.45, 2.75) is 39.4 Å². The summed E-state index contributed by atoms with van der Waals surface area (Å²) in [7, 11) is 3.64. The first-order valence-electron chi connectivity index (χ1n) is 9.61. The van der Waals surface area contributed by atoms with Gasteiger partial charge in [-0.1, -0.05) is 29.8 Å². The van der Waals surface area contributed by atoms with Crippen LogP contribution in [-0.2, 0) is 18.4 Å². The van der Waals surface area contributed by atoms with Crippen molar-refractivity contribution in [1.29, 1.82) is 0 Å². The zero-order valence-corrected chi connectivity index (χ0v) is 17.3. The van der Waals surface area contributed by atoms with Crippen LogP contribution < -0.4 is 5.32 Å². The topological polar surface area (TPSA) is 70.5 Å². The Kier molecular flexibility index (Phi) is 5.84. The highest BCUT2D eigenvalue weighted by molar-refractivity contribution is 5.92. The van der Waals surface area contributed by atoms with Crippen LogP contribution in [0.4, 0.5) is 0 Å². The third kappa shape index (κ3) is 4.25. The fourth-order valence-corrected chi connectivity index (χ4v) is 3.73. The lowest BCUT2D eigenvalue weighted by molar-refractivity contribution is -0.142. The Morgan fingerprint density at radius 1 is 1.25 bits per heavy atom. The van der Waals surface area contributed by atoms with Crippen LogP contribution in [-0.4, -0.2) is 63.6 Å². The zero-order chi connectivity index (χ0) is 20.4. The van der Waals surface area contributed by atoms with Gasteiger partial charge in [0.25, 0.3) is 5.91 Å². The molecule has 7 heteroatoms. The van der Waals surface area contributed by atoms with Gasteiger partial charge in [-0.25, -0.2) is 0 Å². The minimum Gasteiger partial charge on any atom is -0.349 e. The van der Waals surface area contributed by atoms with E-state index in [1.807, 2.05) is 34.0 Å². The second-order valence-electron chi connectivity index (χ2n) is 7.71. The smallest absolute Gasteiger partial charge is 0.271 e. The Hall–Kier alpha value is -2.67. The molecule has 3 rings (SSSR count). The first-order chi connectivity index (χ1) is 13.3. The van der Waals surface area contributed by atoms with Gasteiger partial charge in [0.15, 0.2) is 0 Å². The molecule has 0 bridgehead atoms. The number of benzene rings is 1. The highest BCUT2D eigenvalue weighted by Gasteiger charge is 2.36. The third-order valence-electron chi connectivity index (χ3n) is 5.48. The summed E-state index contributed by atoms with van der Waals surface area (Å²) in [6.45, 7) is 7.63. The Morgan fingerprint density at radius 2 is 2.00 bits per heavy atom. The van der Waals surface area contributed by atoms with Crippen molar-refractivity contribution in [2.75, 3.05) is 20.1 Å². The van der Waals surface area contributed by atoms with Crippen LogP contribution in [0.5, 0.6) is 0 Å². The average Bonchev–Trinajstić information content (AvgIpc) is 2.99. The molecule has 1 aromatic carbocycles. The number of aromatic nitrogens is 2. The third-order valence-corrected chi connectivity index (χ3v) is 5.48. The van der Waals surface area contributed by atoms with Crippen molar-refractivity contribution in [1.82, 2.24) is 24.9 Å². The van der Waals surface area contributed by atoms with E-state index in [0.29, 0.717) is 25.3 Å². The molecule has 1 fully saturated rings. The lowest BCUT2D eigenvalue weighted by Crippen LogP contribution is -2.62. The summed E-state index contributed by atoms with van der Waals surface area (Å²) in [4.78, 5) is 29.0. The number of carbonyl (C=O) groups excluding carboxylic acids is 2. The molecule has 0 saturated carbocycles. The van der Waals surface area contributed by atoms with Gasteiger partial charge in [-0.15, -0.1) is 0 Å². The van der Waals surface area contributed by atoms with Crippen molar-refractivity contribution in [3.63, 3.8) is 0 Å². The Bertz CT molecular complexity index is 856. The number of carbonyl (C=O) groups is 2. The van der Waals surface area contributed by atoms with Crippen molar-refractivity contribution >= 4 is 11.8 Å². The van der Waals surface area contributed by atoms with Crippen LogP contribution in [0.2, 0.25) is 0 Å². The second-order valence-corrected chi connectivity index (χ2v) is 7.71. The van der Waals surface area contributed by atoms with E-state index < -0.39 is 0 Å². The first-order valence-corrected chi connectivity index (χ1v) is 9.61. The molecule has 1 saturated heterocycles. The molecular weight excluding hydrogens is 354 g/mol. The minimum absolute atomic E-state index is 0.0342. The average molecular weight is 383 g/mol. The summed E-state index contributed by atoms with van der Waals surface area (Å²) in [6, 6.07) is 9.89. The maximum atomic E-state index is 12.5. The van der Waals surface area contributed by atoms with Crippen LogP contribution in [0.15, 0.2) is 30.3 Å². The molecule has 150 valence electrons. The van der Waals surface area contributed by atoms with Gasteiger partial charge < -0.3 is 10.2 Å². The van der Waals surface area contributed by atoms with Crippen LogP contribution in [0.1, 0.15) is 34.2 Å². The number of hydrogen-bond donors (Lipinski definition) is 1. The van der Waals surface area contributed by atoms with Crippen LogP contribution in [0, 0.1) is 13.8 Å². The van der Waals surface area contributed by atoms with Gasteiger partial charge in [-0.05, 0) is 32.4 Å². The number of amides is 2. The fraction of sp³-hybridized carbons (Fsp3) is 0.476. The number of hydrogen-bond acceptors (Lipinski definition) is 4. The van der Waals surface area contributed by atoms with Gasteiger partial charge in [0, 0.05) is 45.5 Å². The molecule has 0 unspecified atom stereocenters. The number of nitrogens with one attached hydrogen (secondary N) is 1. The van der Waals surface area contributed by atoms with E-state index in [2.05, 4.69) is 40.4 Å². The van der Waals surface area contributed by atoms with Gasteiger partial charge in [0.05, 0.1) is 6.04 Å². The van der Waals surface area contributed by atoms with E-state index in [1.54, 1.807) is 15.6 Å². The molecule has 2 atom stereocenters. The summed E-state index contributed by atoms with van der Waals surface area (Å²) >= 11 is 0. The molecule has 2 heterocycles. The molecule has 0 aliphatic carbocycles. The molecule has 28 heavy (non-hydrogen) atoms. The zero-order valence-electron chi connectivity index (χ0n) is 17.3. The number of nitrogens with zero attached hydrogens (tertiary/aromatic N) is 4. The number of likely N-dealkylation sites (N-methyl/N-ethyl adjacent to an activating group) is 1. The van der Waals surface area contributed by atoms with Gasteiger partial charge >= 0.3 is 0 Å². The Morgan fingerprint density at radius 3 is 2.64 bits per heavy atom. The van der Waals surface area contributed by atoms with Gasteiger partial charge in [-0.2, -0.15) is 5.10 Å². The van der Waals surface area contributed by atoms with E-state index in [-0.39, 0.29) is 23.9 Å². The van der Waals surface area contributed by atoms with Crippen LogP contribution in [0.25, 0.3) is 0 Å². The van der Waals surface area contributed by atoms with E-state index in [0.717, 1.165) is 5.69 Å². The van der Waals surface area contributed by atoms with Crippen molar-refractivity contribution < 1.29 is 9.59 Å². The molecule has 0 spiro atoms. The first kappa shape index (κ1) is 20.1. The summed E-state index contributed by atoms with van der Waals surface area (Å²) < 4.78 is 1.69. The fourth-order valence-electron chi connectivity index (χ4n) is 3.73. The van der Waals surface area contributed by atoms with Gasteiger partial charge in [0.1, 0.15) is 5.69 Å². The van der Waals surface area contributed by atoms with E-state index in [1.165, 1.54) is 11.1 Å². The van der Waals surface area contributed by atoms with Crippen LogP contribution in [0.3, 0.4) is 0 Å². The quantitative estimate of drug-likeness (QED) is 0.849. The molecule has 1 N–H and O–H groups in total. The summed E-state index contributed by atoms with van der Waals surface area (Å²) in [6.07, 6.45) is 0. The number of rotatable bonds is 5. The molecule has 0 radical (unpaired) electrons. The SMILES string of the molecule is Cc1cccc(CN2[C@H](CNC(=O)c3cc(C)n(C)n3)CN(C)C(=O)[C@@H]2C)c1. The standard InChI is InChI=1S/C21H29N5O2/c1-14-7-6-8-17(9-14)12-26-16(3)21(28)24(4)13-18(26)11-22-20(27)19-10-15(2)25(5)23-19/h6-10,16,18H,11-13H2,1-5H3,(H,22,27)/t16-,18+/m0/s1. The lowest BCUT2D eigenvalue weighted by Gasteiger charge is -2.44. The summed E-state index contributed by atoms with van der Waals surface area (Å²) in [5.41, 5.74) is 3.71. The van der Waals surface area contributed by atoms with Gasteiger partial charge in [-0.3, -0.25) is 19.2 Å². The summed E-state index contributed by atoms with van der Waals surface area (Å²) in [5.74, 6) is -0.0815. The molecule has 2 amide bonds. The van der Waals surface area contributed by atoms with Gasteiger partial charge in [0.2, 0.25) is 5.91 Å². The van der Waals surface area contributed by atoms with E-state index >= 15 is 0 Å². The predicted octanol–water partition coefficient (Wildman–Crippen LogP) is 1.50. The highest BCUT2D eigenvalue weighted by Crippen LogP contribution is 2.20. The molecule has 7 nitrogen and oxygen atoms in total. The minimum atomic E-state index is -0.238. The monoisotopic (exact) mass is 383 g/mol. The molecule has 1 aliphatic rings. The highest BCUT2D eigenvalue weighted by atomic mass is 16.2. The second kappa shape index (κ2) is 8.14. The Balaban J connectivity index is 1.73. The molecule has 1 aromatic heterocycles. The maximum Gasteiger partial charge on any atom is 0.271 e. The lowest BCUT2D eigenvalue weighted by atomic mass is 10.0. The van der Waals surface area contributed by atoms with Crippen molar-refractivity contribution in [3.8, 4) is 0 Å². The number of piperazine rings is 1. The molecule has 1 aliphatic heterocycles. The Labute approximate surface area is 166 Å². The van der Waals surface area contributed by atoms with Crippen molar-refractivity contribution in [3.05, 3.63) is 52.8 Å². The van der Waals surface area contributed by atoms with E-state index in [9.17, 15) is 9.59 Å². The van der Waals surface area contributed by atoms with E-state index in [4.69, 9.17) is 0 Å². The molecule has 2 aromatic rings. The predicted molar refractivity (Wildman–Crippen MR) is 108 cm³/mol. The van der Waals surface area contributed by atoms with Crippen molar-refractivity contribution in [2.24, 2.45) is 7.05 Å². The summed E-state index contributed by atoms with van der Waals surface area (Å²) in [5, 5.41) is 7.24. The number of aryl methyl sites for hydroxylation is 3. The normalized spacial score (nSPS) is 20.5. The molecular formula is C21H29N5O2.